The van der Waals surface area contributed by atoms with Crippen LogP contribution < -0.4 is 5.32 Å². The number of rotatable bonds is 12. The fourth-order valence-electron chi connectivity index (χ4n) is 5.42. The van der Waals surface area contributed by atoms with Gasteiger partial charge in [-0.05, 0) is 17.2 Å². The van der Waals surface area contributed by atoms with Crippen molar-refractivity contribution >= 4 is 22.9 Å². The number of para-hydroxylation sites is 2. The van der Waals surface area contributed by atoms with Gasteiger partial charge in [0.25, 0.3) is 5.69 Å². The molecule has 0 aliphatic rings. The minimum Gasteiger partial charge on any atom is -0.372 e. The van der Waals surface area contributed by atoms with Crippen LogP contribution >= 0.6 is 0 Å². The number of ketones is 2. The first-order chi connectivity index (χ1) is 20.5. The molecule has 5 rings (SSSR count). The van der Waals surface area contributed by atoms with Crippen LogP contribution in [0.2, 0.25) is 0 Å². The van der Waals surface area contributed by atoms with Crippen molar-refractivity contribution < 1.29 is 14.5 Å². The zero-order chi connectivity index (χ0) is 29.3. The minimum atomic E-state index is -0.801. The standard InChI is InChI=1S/C36H30N2O4/c39-33(27-17-7-2-8-18-27)25-30(26-15-5-1-6-16-26)34(36(40)29-21-11-4-12-22-29)35(28-19-9-3-10-20-28)37-31-23-13-14-24-32(31)38(41)42/h1-24,30,34-35,37H,25H2/t30-,34+,35-/m0/s1. The number of nitro groups is 1. The molecule has 5 aromatic rings. The highest BCUT2D eigenvalue weighted by molar-refractivity contribution is 6.01. The second kappa shape index (κ2) is 13.3. The summed E-state index contributed by atoms with van der Waals surface area (Å²) in [4.78, 5) is 39.9. The number of Topliss-reactive ketones (excluding diaryl/α,β-unsaturated/α-hetero) is 2. The van der Waals surface area contributed by atoms with Crippen molar-refractivity contribution in [3.63, 3.8) is 0 Å². The first-order valence-corrected chi connectivity index (χ1v) is 13.8. The van der Waals surface area contributed by atoms with Gasteiger partial charge in [0.15, 0.2) is 11.6 Å². The predicted molar refractivity (Wildman–Crippen MR) is 165 cm³/mol. The van der Waals surface area contributed by atoms with Crippen LogP contribution in [0.25, 0.3) is 0 Å². The summed E-state index contributed by atoms with van der Waals surface area (Å²) in [5.74, 6) is -1.60. The van der Waals surface area contributed by atoms with Crippen molar-refractivity contribution in [3.8, 4) is 0 Å². The number of nitro benzene ring substituents is 1. The largest absolute Gasteiger partial charge is 0.372 e. The fourth-order valence-corrected chi connectivity index (χ4v) is 5.42. The molecule has 0 radical (unpaired) electrons. The SMILES string of the molecule is O=C(C[C@@H](c1ccccc1)[C@@H](C(=O)c1ccccc1)[C@@H](Nc1ccccc1[N+](=O)[O-])c1ccccc1)c1ccccc1. The van der Waals surface area contributed by atoms with E-state index in [2.05, 4.69) is 5.32 Å². The third-order valence-electron chi connectivity index (χ3n) is 7.45. The number of carbonyl (C=O) groups is 2. The molecule has 6 nitrogen and oxygen atoms in total. The number of carbonyl (C=O) groups excluding carboxylic acids is 2. The molecule has 5 aromatic carbocycles. The Morgan fingerprint density at radius 2 is 1.10 bits per heavy atom. The van der Waals surface area contributed by atoms with E-state index in [1.54, 1.807) is 42.5 Å². The van der Waals surface area contributed by atoms with E-state index in [4.69, 9.17) is 0 Å². The second-order valence-corrected chi connectivity index (χ2v) is 10.1. The molecule has 0 fully saturated rings. The first-order valence-electron chi connectivity index (χ1n) is 13.8. The lowest BCUT2D eigenvalue weighted by molar-refractivity contribution is -0.384. The molecule has 0 aliphatic heterocycles. The van der Waals surface area contributed by atoms with Crippen LogP contribution in [0.1, 0.15) is 50.2 Å². The quantitative estimate of drug-likeness (QED) is 0.0952. The van der Waals surface area contributed by atoms with Gasteiger partial charge in [-0.1, -0.05) is 133 Å². The summed E-state index contributed by atoms with van der Waals surface area (Å²) >= 11 is 0. The third kappa shape index (κ3) is 6.50. The Morgan fingerprint density at radius 3 is 1.67 bits per heavy atom. The Morgan fingerprint density at radius 1 is 0.619 bits per heavy atom. The molecule has 0 saturated heterocycles. The lowest BCUT2D eigenvalue weighted by Gasteiger charge is -2.34. The summed E-state index contributed by atoms with van der Waals surface area (Å²) in [5, 5.41) is 15.4. The normalized spacial score (nSPS) is 13.0. The molecule has 42 heavy (non-hydrogen) atoms. The molecule has 0 bridgehead atoms. The van der Waals surface area contributed by atoms with Gasteiger partial charge in [-0.2, -0.15) is 0 Å². The van der Waals surface area contributed by atoms with Crippen LogP contribution in [0, 0.1) is 16.0 Å². The van der Waals surface area contributed by atoms with Gasteiger partial charge in [-0.3, -0.25) is 19.7 Å². The van der Waals surface area contributed by atoms with Crippen LogP contribution in [-0.2, 0) is 0 Å². The highest BCUT2D eigenvalue weighted by atomic mass is 16.6. The average Bonchev–Trinajstić information content (AvgIpc) is 3.05. The Balaban J connectivity index is 1.70. The molecule has 0 aliphatic carbocycles. The monoisotopic (exact) mass is 554 g/mol. The van der Waals surface area contributed by atoms with Crippen LogP contribution in [0.3, 0.4) is 0 Å². The van der Waals surface area contributed by atoms with Gasteiger partial charge >= 0.3 is 0 Å². The summed E-state index contributed by atoms with van der Waals surface area (Å²) in [7, 11) is 0. The van der Waals surface area contributed by atoms with Crippen molar-refractivity contribution in [1.82, 2.24) is 0 Å². The number of hydrogen-bond acceptors (Lipinski definition) is 5. The molecular formula is C36H30N2O4. The van der Waals surface area contributed by atoms with Gasteiger partial charge in [-0.15, -0.1) is 0 Å². The van der Waals surface area contributed by atoms with E-state index in [9.17, 15) is 19.7 Å². The summed E-state index contributed by atoms with van der Waals surface area (Å²) in [6, 6.07) is 42.7. The molecule has 208 valence electrons. The van der Waals surface area contributed by atoms with E-state index in [1.807, 2.05) is 97.1 Å². The van der Waals surface area contributed by atoms with Crippen LogP contribution in [0.5, 0.6) is 0 Å². The van der Waals surface area contributed by atoms with E-state index in [0.717, 1.165) is 11.1 Å². The van der Waals surface area contributed by atoms with E-state index < -0.39 is 22.8 Å². The van der Waals surface area contributed by atoms with Crippen LogP contribution in [0.15, 0.2) is 146 Å². The lowest BCUT2D eigenvalue weighted by Crippen LogP contribution is -2.34. The number of nitrogens with zero attached hydrogens (tertiary/aromatic N) is 1. The maximum atomic E-state index is 14.6. The molecule has 0 amide bonds. The molecular weight excluding hydrogens is 524 g/mol. The Labute approximate surface area is 244 Å². The summed E-state index contributed by atoms with van der Waals surface area (Å²) < 4.78 is 0. The van der Waals surface area contributed by atoms with Gasteiger partial charge in [-0.25, -0.2) is 0 Å². The zero-order valence-electron chi connectivity index (χ0n) is 22.9. The van der Waals surface area contributed by atoms with Gasteiger partial charge in [0.2, 0.25) is 0 Å². The second-order valence-electron chi connectivity index (χ2n) is 10.1. The number of benzene rings is 5. The van der Waals surface area contributed by atoms with E-state index in [-0.39, 0.29) is 23.7 Å². The summed E-state index contributed by atoms with van der Waals surface area (Å²) in [6.45, 7) is 0. The van der Waals surface area contributed by atoms with Crippen molar-refractivity contribution in [2.24, 2.45) is 5.92 Å². The molecule has 6 heteroatoms. The van der Waals surface area contributed by atoms with Gasteiger partial charge < -0.3 is 5.32 Å². The van der Waals surface area contributed by atoms with Gasteiger partial charge in [0.1, 0.15) is 5.69 Å². The molecule has 0 spiro atoms. The fraction of sp³-hybridized carbons (Fsp3) is 0.111. The summed E-state index contributed by atoms with van der Waals surface area (Å²) in [6.07, 6.45) is 0.0686. The maximum absolute atomic E-state index is 14.6. The van der Waals surface area contributed by atoms with E-state index in [0.29, 0.717) is 16.8 Å². The zero-order valence-corrected chi connectivity index (χ0v) is 22.9. The highest BCUT2D eigenvalue weighted by Gasteiger charge is 2.39. The molecule has 1 N–H and O–H groups in total. The number of hydrogen-bond donors (Lipinski definition) is 1. The molecule has 0 aromatic heterocycles. The van der Waals surface area contributed by atoms with Crippen molar-refractivity contribution in [2.75, 3.05) is 5.32 Å². The van der Waals surface area contributed by atoms with E-state index >= 15 is 0 Å². The third-order valence-corrected chi connectivity index (χ3v) is 7.45. The molecule has 3 atom stereocenters. The first kappa shape index (κ1) is 28.2. The Bertz CT molecular complexity index is 1640. The predicted octanol–water partition coefficient (Wildman–Crippen LogP) is 8.30. The highest BCUT2D eigenvalue weighted by Crippen LogP contribution is 2.42. The summed E-state index contributed by atoms with van der Waals surface area (Å²) in [5.41, 5.74) is 2.87. The van der Waals surface area contributed by atoms with Crippen molar-refractivity contribution in [2.45, 2.75) is 18.4 Å². The van der Waals surface area contributed by atoms with Crippen molar-refractivity contribution in [1.29, 1.82) is 0 Å². The number of anilines is 1. The Kier molecular flexibility index (Phi) is 8.94. The smallest absolute Gasteiger partial charge is 0.292 e. The van der Waals surface area contributed by atoms with Crippen LogP contribution in [0.4, 0.5) is 11.4 Å². The lowest BCUT2D eigenvalue weighted by atomic mass is 9.72. The van der Waals surface area contributed by atoms with Gasteiger partial charge in [0, 0.05) is 29.5 Å². The maximum Gasteiger partial charge on any atom is 0.292 e. The minimum absolute atomic E-state index is 0.0686. The molecule has 0 heterocycles. The van der Waals surface area contributed by atoms with Crippen LogP contribution in [-0.4, -0.2) is 16.5 Å². The molecule has 0 unspecified atom stereocenters. The van der Waals surface area contributed by atoms with E-state index in [1.165, 1.54) is 6.07 Å². The van der Waals surface area contributed by atoms with Gasteiger partial charge in [0.05, 0.1) is 16.9 Å². The topological polar surface area (TPSA) is 89.3 Å². The van der Waals surface area contributed by atoms with Crippen molar-refractivity contribution in [3.05, 3.63) is 178 Å². The number of nitrogens with one attached hydrogen (secondary N) is 1. The Hall–Kier alpha value is -5.36. The molecule has 0 saturated carbocycles. The average molecular weight is 555 g/mol.